The predicted molar refractivity (Wildman–Crippen MR) is 111 cm³/mol. The third-order valence-corrected chi connectivity index (χ3v) is 5.19. The molecule has 4 nitrogen and oxygen atoms in total. The molecule has 0 amide bonds. The lowest BCUT2D eigenvalue weighted by molar-refractivity contribution is 0.0836. The van der Waals surface area contributed by atoms with Gasteiger partial charge in [0.25, 0.3) is 0 Å². The SMILES string of the molecule is COc1ccc(C[C@@H]2C[C@H](c3ccccc3)ON2c2ccc(OC)cc2)cc1. The molecule has 0 radical (unpaired) electrons. The second kappa shape index (κ2) is 8.36. The van der Waals surface area contributed by atoms with E-state index < -0.39 is 0 Å². The number of hydrogen-bond donors (Lipinski definition) is 0. The summed E-state index contributed by atoms with van der Waals surface area (Å²) in [6.45, 7) is 0. The standard InChI is InChI=1S/C24H25NO3/c1-26-22-12-8-18(9-13-22)16-21-17-24(19-6-4-3-5-7-19)28-25(21)20-10-14-23(27-2)15-11-20/h3-15,21,24H,16-17H2,1-2H3/t21-,24-/m1/s1. The molecule has 0 spiro atoms. The van der Waals surface area contributed by atoms with Gasteiger partial charge >= 0.3 is 0 Å². The highest BCUT2D eigenvalue weighted by molar-refractivity contribution is 5.49. The number of hydroxylamine groups is 1. The summed E-state index contributed by atoms with van der Waals surface area (Å²) in [6, 6.07) is 27.0. The van der Waals surface area contributed by atoms with E-state index >= 15 is 0 Å². The second-order valence-electron chi connectivity index (χ2n) is 6.97. The van der Waals surface area contributed by atoms with Crippen LogP contribution in [0.1, 0.15) is 23.7 Å². The van der Waals surface area contributed by atoms with Crippen LogP contribution in [-0.2, 0) is 11.3 Å². The number of rotatable bonds is 6. The van der Waals surface area contributed by atoms with E-state index in [4.69, 9.17) is 14.3 Å². The smallest absolute Gasteiger partial charge is 0.119 e. The average Bonchev–Trinajstić information content (AvgIpc) is 3.19. The maximum absolute atomic E-state index is 6.40. The molecule has 0 unspecified atom stereocenters. The third kappa shape index (κ3) is 3.97. The molecule has 0 aromatic heterocycles. The summed E-state index contributed by atoms with van der Waals surface area (Å²) in [7, 11) is 3.37. The van der Waals surface area contributed by atoms with Crippen molar-refractivity contribution in [3.63, 3.8) is 0 Å². The highest BCUT2D eigenvalue weighted by Gasteiger charge is 2.34. The Balaban J connectivity index is 1.59. The van der Waals surface area contributed by atoms with Crippen molar-refractivity contribution >= 4 is 5.69 Å². The summed E-state index contributed by atoms with van der Waals surface area (Å²) in [5.41, 5.74) is 3.51. The van der Waals surface area contributed by atoms with E-state index in [9.17, 15) is 0 Å². The van der Waals surface area contributed by atoms with Gasteiger partial charge < -0.3 is 9.47 Å². The molecule has 0 N–H and O–H groups in total. The summed E-state index contributed by atoms with van der Waals surface area (Å²) >= 11 is 0. The number of nitrogens with zero attached hydrogens (tertiary/aromatic N) is 1. The van der Waals surface area contributed by atoms with Gasteiger partial charge in [-0.2, -0.15) is 0 Å². The normalized spacial score (nSPS) is 18.9. The van der Waals surface area contributed by atoms with Crippen LogP contribution in [-0.4, -0.2) is 20.3 Å². The van der Waals surface area contributed by atoms with Gasteiger partial charge in [0.2, 0.25) is 0 Å². The van der Waals surface area contributed by atoms with Crippen LogP contribution in [0.4, 0.5) is 5.69 Å². The molecule has 1 aliphatic heterocycles. The Hall–Kier alpha value is -2.98. The zero-order valence-corrected chi connectivity index (χ0v) is 16.2. The topological polar surface area (TPSA) is 30.9 Å². The van der Waals surface area contributed by atoms with E-state index in [0.717, 1.165) is 30.0 Å². The van der Waals surface area contributed by atoms with Crippen LogP contribution < -0.4 is 14.5 Å². The van der Waals surface area contributed by atoms with Gasteiger partial charge in [0.15, 0.2) is 0 Å². The van der Waals surface area contributed by atoms with Crippen LogP contribution in [0.3, 0.4) is 0 Å². The van der Waals surface area contributed by atoms with Crippen molar-refractivity contribution in [2.45, 2.75) is 25.0 Å². The first-order chi connectivity index (χ1) is 13.8. The first-order valence-electron chi connectivity index (χ1n) is 9.55. The number of ether oxygens (including phenoxy) is 2. The largest absolute Gasteiger partial charge is 0.497 e. The molecule has 4 heteroatoms. The Morgan fingerprint density at radius 3 is 2.04 bits per heavy atom. The quantitative estimate of drug-likeness (QED) is 0.593. The lowest BCUT2D eigenvalue weighted by atomic mass is 9.98. The fourth-order valence-corrected chi connectivity index (χ4v) is 3.67. The van der Waals surface area contributed by atoms with Crippen LogP contribution >= 0.6 is 0 Å². The predicted octanol–water partition coefficient (Wildman–Crippen LogP) is 5.20. The molecule has 144 valence electrons. The summed E-state index contributed by atoms with van der Waals surface area (Å²) in [5, 5.41) is 2.06. The average molecular weight is 375 g/mol. The van der Waals surface area contributed by atoms with Gasteiger partial charge in [-0.1, -0.05) is 42.5 Å². The molecule has 1 saturated heterocycles. The zero-order chi connectivity index (χ0) is 19.3. The Kier molecular flexibility index (Phi) is 5.49. The maximum Gasteiger partial charge on any atom is 0.119 e. The Morgan fingerprint density at radius 2 is 1.43 bits per heavy atom. The van der Waals surface area contributed by atoms with Crippen molar-refractivity contribution in [2.24, 2.45) is 0 Å². The minimum Gasteiger partial charge on any atom is -0.497 e. The Labute approximate surface area is 166 Å². The lowest BCUT2D eigenvalue weighted by Gasteiger charge is -2.25. The first-order valence-corrected chi connectivity index (χ1v) is 9.55. The van der Waals surface area contributed by atoms with Crippen molar-refractivity contribution in [1.29, 1.82) is 0 Å². The maximum atomic E-state index is 6.40. The second-order valence-corrected chi connectivity index (χ2v) is 6.97. The molecule has 3 aromatic rings. The van der Waals surface area contributed by atoms with Crippen LogP contribution in [0.2, 0.25) is 0 Å². The number of anilines is 1. The molecular formula is C24H25NO3. The van der Waals surface area contributed by atoms with Gasteiger partial charge in [0.05, 0.1) is 25.9 Å². The van der Waals surface area contributed by atoms with Crippen LogP contribution in [0.15, 0.2) is 78.9 Å². The van der Waals surface area contributed by atoms with E-state index in [2.05, 4.69) is 41.5 Å². The number of methoxy groups -OCH3 is 2. The van der Waals surface area contributed by atoms with E-state index in [1.54, 1.807) is 14.2 Å². The Morgan fingerprint density at radius 1 is 0.821 bits per heavy atom. The number of hydrogen-bond acceptors (Lipinski definition) is 4. The monoisotopic (exact) mass is 375 g/mol. The van der Waals surface area contributed by atoms with Crippen molar-refractivity contribution < 1.29 is 14.3 Å². The summed E-state index contributed by atoms with van der Waals surface area (Å²) in [6.07, 6.45) is 1.88. The molecule has 0 bridgehead atoms. The molecular weight excluding hydrogens is 350 g/mol. The molecule has 1 fully saturated rings. The molecule has 2 atom stereocenters. The minimum atomic E-state index is 0.0477. The highest BCUT2D eigenvalue weighted by Crippen LogP contribution is 2.38. The van der Waals surface area contributed by atoms with Crippen molar-refractivity contribution in [1.82, 2.24) is 0 Å². The summed E-state index contributed by atoms with van der Waals surface area (Å²) in [5.74, 6) is 1.72. The molecule has 0 saturated carbocycles. The highest BCUT2D eigenvalue weighted by atomic mass is 16.7. The van der Waals surface area contributed by atoms with E-state index in [1.807, 2.05) is 42.5 Å². The molecule has 1 heterocycles. The van der Waals surface area contributed by atoms with Gasteiger partial charge in [0, 0.05) is 6.42 Å². The van der Waals surface area contributed by atoms with Crippen molar-refractivity contribution in [2.75, 3.05) is 19.3 Å². The summed E-state index contributed by atoms with van der Waals surface area (Å²) < 4.78 is 10.6. The van der Waals surface area contributed by atoms with E-state index in [-0.39, 0.29) is 12.1 Å². The third-order valence-electron chi connectivity index (χ3n) is 5.19. The molecule has 0 aliphatic carbocycles. The fourth-order valence-electron chi connectivity index (χ4n) is 3.67. The van der Waals surface area contributed by atoms with Gasteiger partial charge in [-0.25, -0.2) is 0 Å². The van der Waals surface area contributed by atoms with Crippen LogP contribution in [0, 0.1) is 0 Å². The van der Waals surface area contributed by atoms with Gasteiger partial charge in [-0.15, -0.1) is 0 Å². The zero-order valence-electron chi connectivity index (χ0n) is 16.2. The molecule has 3 aromatic carbocycles. The first kappa shape index (κ1) is 18.4. The van der Waals surface area contributed by atoms with Gasteiger partial charge in [-0.05, 0) is 53.9 Å². The fraction of sp³-hybridized carbons (Fsp3) is 0.250. The molecule has 28 heavy (non-hydrogen) atoms. The van der Waals surface area contributed by atoms with E-state index in [1.165, 1.54) is 11.1 Å². The van der Waals surface area contributed by atoms with Crippen molar-refractivity contribution in [3.05, 3.63) is 90.0 Å². The molecule has 4 rings (SSSR count). The van der Waals surface area contributed by atoms with Crippen LogP contribution in [0.5, 0.6) is 11.5 Å². The minimum absolute atomic E-state index is 0.0477. The van der Waals surface area contributed by atoms with Gasteiger partial charge in [0.1, 0.15) is 17.6 Å². The van der Waals surface area contributed by atoms with E-state index in [0.29, 0.717) is 0 Å². The van der Waals surface area contributed by atoms with Crippen LogP contribution in [0.25, 0.3) is 0 Å². The lowest BCUT2D eigenvalue weighted by Crippen LogP contribution is -2.29. The number of benzene rings is 3. The van der Waals surface area contributed by atoms with Gasteiger partial charge in [-0.3, -0.25) is 9.90 Å². The molecule has 1 aliphatic rings. The summed E-state index contributed by atoms with van der Waals surface area (Å²) in [4.78, 5) is 6.40. The Bertz CT molecular complexity index is 878. The van der Waals surface area contributed by atoms with Crippen molar-refractivity contribution in [3.8, 4) is 11.5 Å².